The van der Waals surface area contributed by atoms with Gasteiger partial charge in [-0.2, -0.15) is 0 Å². The first-order chi connectivity index (χ1) is 7.31. The number of para-hydroxylation sites is 1. The van der Waals surface area contributed by atoms with Gasteiger partial charge in [-0.3, -0.25) is 4.79 Å². The van der Waals surface area contributed by atoms with Gasteiger partial charge in [0.05, 0.1) is 6.42 Å². The summed E-state index contributed by atoms with van der Waals surface area (Å²) < 4.78 is 5.20. The molecule has 0 saturated heterocycles. The molecule has 2 rings (SSSR count). The van der Waals surface area contributed by atoms with Crippen LogP contribution in [0.15, 0.2) is 24.3 Å². The van der Waals surface area contributed by atoms with Crippen LogP contribution in [0.3, 0.4) is 0 Å². The van der Waals surface area contributed by atoms with Crippen molar-refractivity contribution in [2.45, 2.75) is 38.5 Å². The van der Waals surface area contributed by atoms with Crippen LogP contribution in [-0.2, 0) is 4.79 Å². The molecule has 2 heteroatoms. The van der Waals surface area contributed by atoms with Crippen LogP contribution < -0.4 is 4.74 Å². The monoisotopic (exact) mass is 204 g/mol. The average Bonchev–Trinajstić information content (AvgIpc) is 2.25. The van der Waals surface area contributed by atoms with Crippen molar-refractivity contribution in [2.24, 2.45) is 0 Å². The molecule has 0 spiro atoms. The van der Waals surface area contributed by atoms with Crippen LogP contribution in [0.1, 0.15) is 44.1 Å². The summed E-state index contributed by atoms with van der Waals surface area (Å²) in [6, 6.07) is 7.87. The molecule has 1 aromatic carbocycles. The van der Waals surface area contributed by atoms with E-state index in [1.165, 1.54) is 18.4 Å². The summed E-state index contributed by atoms with van der Waals surface area (Å²) in [5, 5.41) is 0. The summed E-state index contributed by atoms with van der Waals surface area (Å²) in [4.78, 5) is 11.4. The number of benzene rings is 1. The number of carbonyl (C=O) groups is 1. The number of fused-ring (bicyclic) bond motifs is 1. The molecule has 0 bridgehead atoms. The van der Waals surface area contributed by atoms with Crippen LogP contribution >= 0.6 is 0 Å². The van der Waals surface area contributed by atoms with E-state index in [0.29, 0.717) is 12.3 Å². The molecule has 1 aliphatic heterocycles. The van der Waals surface area contributed by atoms with Crippen molar-refractivity contribution < 1.29 is 9.53 Å². The molecule has 0 aromatic heterocycles. The Kier molecular flexibility index (Phi) is 3.05. The minimum atomic E-state index is -0.0881. The standard InChI is InChI=1S/C13H16O2/c1-2-3-6-10-9-13(14)15-12-8-5-4-7-11(10)12/h4-5,7-8,10H,2-3,6,9H2,1H3/t10-/m0/s1. The van der Waals surface area contributed by atoms with Gasteiger partial charge in [-0.05, 0) is 24.0 Å². The van der Waals surface area contributed by atoms with Crippen LogP contribution in [-0.4, -0.2) is 5.97 Å². The van der Waals surface area contributed by atoms with Gasteiger partial charge in [0.25, 0.3) is 0 Å². The molecule has 80 valence electrons. The van der Waals surface area contributed by atoms with E-state index in [9.17, 15) is 4.79 Å². The minimum absolute atomic E-state index is 0.0881. The predicted octanol–water partition coefficient (Wildman–Crippen LogP) is 3.27. The fourth-order valence-electron chi connectivity index (χ4n) is 2.09. The van der Waals surface area contributed by atoms with Crippen LogP contribution in [0.5, 0.6) is 5.75 Å². The van der Waals surface area contributed by atoms with Crippen molar-refractivity contribution in [3.8, 4) is 5.75 Å². The predicted molar refractivity (Wildman–Crippen MR) is 59.0 cm³/mol. The van der Waals surface area contributed by atoms with E-state index in [-0.39, 0.29) is 5.97 Å². The van der Waals surface area contributed by atoms with E-state index in [1.807, 2.05) is 18.2 Å². The Morgan fingerprint density at radius 1 is 1.40 bits per heavy atom. The molecule has 1 atom stereocenters. The fourth-order valence-corrected chi connectivity index (χ4v) is 2.09. The second-order valence-electron chi connectivity index (χ2n) is 4.06. The summed E-state index contributed by atoms with van der Waals surface area (Å²) in [6.45, 7) is 2.17. The molecular weight excluding hydrogens is 188 g/mol. The third-order valence-electron chi connectivity index (χ3n) is 2.90. The van der Waals surface area contributed by atoms with Crippen molar-refractivity contribution >= 4 is 5.97 Å². The molecule has 2 nitrogen and oxygen atoms in total. The zero-order valence-corrected chi connectivity index (χ0v) is 9.03. The van der Waals surface area contributed by atoms with Gasteiger partial charge < -0.3 is 4.74 Å². The molecule has 0 radical (unpaired) electrons. The first-order valence-electron chi connectivity index (χ1n) is 5.61. The largest absolute Gasteiger partial charge is 0.426 e. The number of carbonyl (C=O) groups excluding carboxylic acids is 1. The van der Waals surface area contributed by atoms with Crippen molar-refractivity contribution in [2.75, 3.05) is 0 Å². The van der Waals surface area contributed by atoms with Gasteiger partial charge >= 0.3 is 5.97 Å². The van der Waals surface area contributed by atoms with Gasteiger partial charge in [-0.1, -0.05) is 38.0 Å². The van der Waals surface area contributed by atoms with Gasteiger partial charge in [-0.15, -0.1) is 0 Å². The smallest absolute Gasteiger partial charge is 0.311 e. The third kappa shape index (κ3) is 2.20. The molecule has 0 amide bonds. The Morgan fingerprint density at radius 3 is 3.00 bits per heavy atom. The Labute approximate surface area is 90.3 Å². The van der Waals surface area contributed by atoms with Gasteiger partial charge in [0.2, 0.25) is 0 Å². The highest BCUT2D eigenvalue weighted by atomic mass is 16.5. The molecule has 1 heterocycles. The number of rotatable bonds is 3. The van der Waals surface area contributed by atoms with E-state index in [4.69, 9.17) is 4.74 Å². The van der Waals surface area contributed by atoms with Crippen LogP contribution in [0.4, 0.5) is 0 Å². The molecule has 1 aromatic rings. The Hall–Kier alpha value is -1.31. The van der Waals surface area contributed by atoms with Crippen molar-refractivity contribution in [1.82, 2.24) is 0 Å². The summed E-state index contributed by atoms with van der Waals surface area (Å²) >= 11 is 0. The molecule has 0 unspecified atom stereocenters. The highest BCUT2D eigenvalue weighted by Crippen LogP contribution is 2.36. The highest BCUT2D eigenvalue weighted by molar-refractivity contribution is 5.76. The Morgan fingerprint density at radius 2 is 2.20 bits per heavy atom. The third-order valence-corrected chi connectivity index (χ3v) is 2.90. The zero-order chi connectivity index (χ0) is 10.7. The molecule has 0 N–H and O–H groups in total. The second kappa shape index (κ2) is 4.47. The van der Waals surface area contributed by atoms with E-state index in [2.05, 4.69) is 13.0 Å². The number of esters is 1. The lowest BCUT2D eigenvalue weighted by atomic mass is 9.88. The Balaban J connectivity index is 2.22. The van der Waals surface area contributed by atoms with E-state index >= 15 is 0 Å². The highest BCUT2D eigenvalue weighted by Gasteiger charge is 2.25. The van der Waals surface area contributed by atoms with E-state index < -0.39 is 0 Å². The van der Waals surface area contributed by atoms with Crippen molar-refractivity contribution in [3.63, 3.8) is 0 Å². The molecular formula is C13H16O2. The summed E-state index contributed by atoms with van der Waals surface area (Å²) in [6.07, 6.45) is 3.97. The molecule has 0 aliphatic carbocycles. The minimum Gasteiger partial charge on any atom is -0.426 e. The molecule has 0 fully saturated rings. The van der Waals surface area contributed by atoms with Crippen molar-refractivity contribution in [1.29, 1.82) is 0 Å². The number of unbranched alkanes of at least 4 members (excludes halogenated alkanes) is 1. The number of hydrogen-bond acceptors (Lipinski definition) is 2. The lowest BCUT2D eigenvalue weighted by Gasteiger charge is -2.24. The lowest BCUT2D eigenvalue weighted by molar-refractivity contribution is -0.136. The van der Waals surface area contributed by atoms with E-state index in [0.717, 1.165) is 12.2 Å². The number of ether oxygens (including phenoxy) is 1. The first kappa shape index (κ1) is 10.2. The summed E-state index contributed by atoms with van der Waals surface area (Å²) in [7, 11) is 0. The van der Waals surface area contributed by atoms with Gasteiger partial charge in [0.15, 0.2) is 0 Å². The average molecular weight is 204 g/mol. The van der Waals surface area contributed by atoms with E-state index in [1.54, 1.807) is 0 Å². The quantitative estimate of drug-likeness (QED) is 0.558. The SMILES string of the molecule is CCCC[C@H]1CC(=O)Oc2ccccc21. The topological polar surface area (TPSA) is 26.3 Å². The van der Waals surface area contributed by atoms with Gasteiger partial charge in [-0.25, -0.2) is 0 Å². The Bertz CT molecular complexity index is 357. The number of hydrogen-bond donors (Lipinski definition) is 0. The fraction of sp³-hybridized carbons (Fsp3) is 0.462. The lowest BCUT2D eigenvalue weighted by Crippen LogP contribution is -2.20. The first-order valence-corrected chi connectivity index (χ1v) is 5.61. The molecule has 1 aliphatic rings. The molecule has 0 saturated carbocycles. The summed E-state index contributed by atoms with van der Waals surface area (Å²) in [5.74, 6) is 1.03. The molecule has 15 heavy (non-hydrogen) atoms. The second-order valence-corrected chi connectivity index (χ2v) is 4.06. The van der Waals surface area contributed by atoms with Crippen LogP contribution in [0.25, 0.3) is 0 Å². The van der Waals surface area contributed by atoms with Crippen LogP contribution in [0.2, 0.25) is 0 Å². The maximum atomic E-state index is 11.4. The maximum Gasteiger partial charge on any atom is 0.311 e. The maximum absolute atomic E-state index is 11.4. The van der Waals surface area contributed by atoms with Gasteiger partial charge in [0, 0.05) is 0 Å². The van der Waals surface area contributed by atoms with Gasteiger partial charge in [0.1, 0.15) is 5.75 Å². The normalized spacial score (nSPS) is 19.5. The van der Waals surface area contributed by atoms with Crippen molar-refractivity contribution in [3.05, 3.63) is 29.8 Å². The summed E-state index contributed by atoms with van der Waals surface area (Å²) in [5.41, 5.74) is 1.20. The zero-order valence-electron chi connectivity index (χ0n) is 9.03. The van der Waals surface area contributed by atoms with Crippen LogP contribution in [0, 0.1) is 0 Å².